The van der Waals surface area contributed by atoms with Crippen LogP contribution in [0, 0.1) is 0 Å². The highest BCUT2D eigenvalue weighted by molar-refractivity contribution is 5.77. The highest BCUT2D eigenvalue weighted by Crippen LogP contribution is 2.22. The Hall–Kier alpha value is -1.10. The third-order valence-electron chi connectivity index (χ3n) is 3.54. The lowest BCUT2D eigenvalue weighted by Crippen LogP contribution is -2.41. The molecule has 21 heavy (non-hydrogen) atoms. The number of hydrogen-bond acceptors (Lipinski definition) is 4. The number of carbonyl (C=O) groups excluding carboxylic acids is 2. The maximum Gasteiger partial charge on any atom is 0.323 e. The van der Waals surface area contributed by atoms with Gasteiger partial charge >= 0.3 is 5.97 Å². The molecule has 2 atom stereocenters. The summed E-state index contributed by atoms with van der Waals surface area (Å²) >= 11 is 0. The van der Waals surface area contributed by atoms with Crippen LogP contribution in [-0.4, -0.2) is 47.6 Å². The van der Waals surface area contributed by atoms with Crippen LogP contribution in [0.2, 0.25) is 0 Å². The molecular weight excluding hydrogens is 268 g/mol. The molecule has 1 aliphatic heterocycles. The molecule has 2 unspecified atom stereocenters. The Kier molecular flexibility index (Phi) is 6.65. The van der Waals surface area contributed by atoms with E-state index < -0.39 is 5.60 Å². The number of carbonyl (C=O) groups is 2. The maximum absolute atomic E-state index is 12.4. The summed E-state index contributed by atoms with van der Waals surface area (Å²) in [6, 6.07) is -0.195. The first-order valence-electron chi connectivity index (χ1n) is 7.97. The first kappa shape index (κ1) is 18.0. The van der Waals surface area contributed by atoms with E-state index >= 15 is 0 Å². The smallest absolute Gasteiger partial charge is 0.323 e. The Bertz CT molecular complexity index is 363. The predicted molar refractivity (Wildman–Crippen MR) is 83.0 cm³/mol. The van der Waals surface area contributed by atoms with Crippen LogP contribution < -0.4 is 5.32 Å². The second kappa shape index (κ2) is 7.78. The van der Waals surface area contributed by atoms with Crippen molar-refractivity contribution in [2.75, 3.05) is 13.1 Å². The van der Waals surface area contributed by atoms with Gasteiger partial charge in [-0.05, 0) is 40.2 Å². The molecule has 0 aliphatic carbocycles. The summed E-state index contributed by atoms with van der Waals surface area (Å²) in [5.41, 5.74) is -0.474. The van der Waals surface area contributed by atoms with Gasteiger partial charge in [-0.15, -0.1) is 0 Å². The zero-order valence-corrected chi connectivity index (χ0v) is 14.1. The molecule has 5 heteroatoms. The number of nitrogens with zero attached hydrogens (tertiary/aromatic N) is 1. The standard InChI is InChI=1S/C16H30N2O3/c1-6-7-8-9-18-11-13(17-12(2)19)10-14(18)15(20)21-16(3,4)5/h13-14H,6-11H2,1-5H3,(H,17,19). The van der Waals surface area contributed by atoms with E-state index in [2.05, 4.69) is 17.1 Å². The average Bonchev–Trinajstić information content (AvgIpc) is 2.69. The Morgan fingerprint density at radius 2 is 1.95 bits per heavy atom. The fourth-order valence-corrected chi connectivity index (χ4v) is 2.72. The van der Waals surface area contributed by atoms with Crippen LogP contribution in [0.5, 0.6) is 0 Å². The quantitative estimate of drug-likeness (QED) is 0.602. The third kappa shape index (κ3) is 6.46. The summed E-state index contributed by atoms with van der Waals surface area (Å²) in [7, 11) is 0. The second-order valence-corrected chi connectivity index (χ2v) is 6.88. The van der Waals surface area contributed by atoms with Crippen molar-refractivity contribution in [1.82, 2.24) is 10.2 Å². The number of ether oxygens (including phenoxy) is 1. The lowest BCUT2D eigenvalue weighted by molar-refractivity contribution is -0.160. The van der Waals surface area contributed by atoms with Crippen molar-refractivity contribution in [3.8, 4) is 0 Å². The number of rotatable bonds is 6. The Morgan fingerprint density at radius 1 is 1.29 bits per heavy atom. The highest BCUT2D eigenvalue weighted by Gasteiger charge is 2.38. The van der Waals surface area contributed by atoms with Crippen molar-refractivity contribution in [2.24, 2.45) is 0 Å². The van der Waals surface area contributed by atoms with Gasteiger partial charge in [0.05, 0.1) is 0 Å². The van der Waals surface area contributed by atoms with E-state index in [1.54, 1.807) is 0 Å². The number of unbranched alkanes of at least 4 members (excludes halogenated alkanes) is 2. The molecule has 5 nitrogen and oxygen atoms in total. The molecule has 122 valence electrons. The lowest BCUT2D eigenvalue weighted by atomic mass is 10.1. The number of esters is 1. The van der Waals surface area contributed by atoms with Crippen molar-refractivity contribution in [1.29, 1.82) is 0 Å². The monoisotopic (exact) mass is 298 g/mol. The highest BCUT2D eigenvalue weighted by atomic mass is 16.6. The van der Waals surface area contributed by atoms with Crippen molar-refractivity contribution in [2.45, 2.75) is 78.0 Å². The minimum Gasteiger partial charge on any atom is -0.459 e. The van der Waals surface area contributed by atoms with Crippen LogP contribution >= 0.6 is 0 Å². The van der Waals surface area contributed by atoms with Crippen molar-refractivity contribution in [3.05, 3.63) is 0 Å². The summed E-state index contributed by atoms with van der Waals surface area (Å²) in [5, 5.41) is 2.92. The minimum atomic E-state index is -0.474. The second-order valence-electron chi connectivity index (χ2n) is 6.88. The van der Waals surface area contributed by atoms with Gasteiger partial charge in [0.2, 0.25) is 5.91 Å². The molecule has 0 saturated carbocycles. The van der Waals surface area contributed by atoms with Gasteiger partial charge in [0.15, 0.2) is 0 Å². The Morgan fingerprint density at radius 3 is 2.48 bits per heavy atom. The van der Waals surface area contributed by atoms with Crippen molar-refractivity contribution >= 4 is 11.9 Å². The van der Waals surface area contributed by atoms with Crippen LogP contribution in [-0.2, 0) is 14.3 Å². The Balaban J connectivity index is 2.65. The van der Waals surface area contributed by atoms with Gasteiger partial charge in [0.1, 0.15) is 11.6 Å². The molecule has 1 fully saturated rings. The molecule has 0 aromatic rings. The van der Waals surface area contributed by atoms with Gasteiger partial charge < -0.3 is 10.1 Å². The Labute approximate surface area is 128 Å². The minimum absolute atomic E-state index is 0.0432. The van der Waals surface area contributed by atoms with E-state index in [1.807, 2.05) is 20.8 Å². The van der Waals surface area contributed by atoms with E-state index in [0.717, 1.165) is 32.4 Å². The zero-order chi connectivity index (χ0) is 16.0. The molecule has 1 amide bonds. The fourth-order valence-electron chi connectivity index (χ4n) is 2.72. The van der Waals surface area contributed by atoms with Crippen LogP contribution in [0.1, 0.15) is 60.3 Å². The largest absolute Gasteiger partial charge is 0.459 e. The summed E-state index contributed by atoms with van der Waals surface area (Å²) in [6.45, 7) is 10.9. The molecule has 0 aromatic carbocycles. The van der Waals surface area contributed by atoms with E-state index in [-0.39, 0.29) is 24.0 Å². The maximum atomic E-state index is 12.4. The van der Waals surface area contributed by atoms with Crippen LogP contribution in [0.3, 0.4) is 0 Å². The predicted octanol–water partition coefficient (Wildman–Crippen LogP) is 2.10. The molecule has 0 bridgehead atoms. The van der Waals surface area contributed by atoms with Crippen molar-refractivity contribution < 1.29 is 14.3 Å². The molecule has 1 heterocycles. The first-order valence-corrected chi connectivity index (χ1v) is 7.97. The van der Waals surface area contributed by atoms with Gasteiger partial charge in [-0.25, -0.2) is 0 Å². The normalized spacial score (nSPS) is 23.1. The first-order chi connectivity index (χ1) is 9.73. The van der Waals surface area contributed by atoms with Gasteiger partial charge in [0.25, 0.3) is 0 Å². The summed E-state index contributed by atoms with van der Waals surface area (Å²) in [4.78, 5) is 25.7. The van der Waals surface area contributed by atoms with Crippen molar-refractivity contribution in [3.63, 3.8) is 0 Å². The van der Waals surface area contributed by atoms with E-state index in [0.29, 0.717) is 6.42 Å². The molecule has 0 aromatic heterocycles. The fraction of sp³-hybridized carbons (Fsp3) is 0.875. The molecular formula is C16H30N2O3. The molecule has 1 saturated heterocycles. The molecule has 1 rings (SSSR count). The van der Waals surface area contributed by atoms with E-state index in [1.165, 1.54) is 6.92 Å². The van der Waals surface area contributed by atoms with E-state index in [4.69, 9.17) is 4.74 Å². The summed E-state index contributed by atoms with van der Waals surface area (Å²) < 4.78 is 5.52. The summed E-state index contributed by atoms with van der Waals surface area (Å²) in [6.07, 6.45) is 4.02. The van der Waals surface area contributed by atoms with Crippen LogP contribution in [0.4, 0.5) is 0 Å². The van der Waals surface area contributed by atoms with Gasteiger partial charge in [-0.1, -0.05) is 19.8 Å². The number of amides is 1. The third-order valence-corrected chi connectivity index (χ3v) is 3.54. The lowest BCUT2D eigenvalue weighted by Gasteiger charge is -2.27. The molecule has 1 aliphatic rings. The number of likely N-dealkylation sites (tertiary alicyclic amines) is 1. The van der Waals surface area contributed by atoms with E-state index in [9.17, 15) is 9.59 Å². The molecule has 0 spiro atoms. The van der Waals surface area contributed by atoms with Crippen LogP contribution in [0.25, 0.3) is 0 Å². The number of nitrogens with one attached hydrogen (secondary N) is 1. The SMILES string of the molecule is CCCCCN1CC(NC(C)=O)CC1C(=O)OC(C)(C)C. The average molecular weight is 298 g/mol. The van der Waals surface area contributed by atoms with Gasteiger partial charge in [-0.2, -0.15) is 0 Å². The number of hydrogen-bond donors (Lipinski definition) is 1. The van der Waals surface area contributed by atoms with Gasteiger partial charge in [-0.3, -0.25) is 14.5 Å². The van der Waals surface area contributed by atoms with Gasteiger partial charge in [0, 0.05) is 19.5 Å². The molecule has 0 radical (unpaired) electrons. The summed E-state index contributed by atoms with van der Waals surface area (Å²) in [5.74, 6) is -0.217. The topological polar surface area (TPSA) is 58.6 Å². The zero-order valence-electron chi connectivity index (χ0n) is 14.1. The molecule has 1 N–H and O–H groups in total. The van der Waals surface area contributed by atoms with Crippen LogP contribution in [0.15, 0.2) is 0 Å².